The van der Waals surface area contributed by atoms with E-state index in [4.69, 9.17) is 11.6 Å². The van der Waals surface area contributed by atoms with Crippen LogP contribution in [-0.4, -0.2) is 22.7 Å². The maximum absolute atomic E-state index is 12.3. The summed E-state index contributed by atoms with van der Waals surface area (Å²) in [6.45, 7) is 1.97. The van der Waals surface area contributed by atoms with Gasteiger partial charge in [-0.2, -0.15) is 13.2 Å². The van der Waals surface area contributed by atoms with Crippen LogP contribution in [0.3, 0.4) is 0 Å². The molecule has 1 heterocycles. The molecule has 0 aliphatic rings. The van der Waals surface area contributed by atoms with Gasteiger partial charge in [-0.25, -0.2) is 4.98 Å². The zero-order valence-electron chi connectivity index (χ0n) is 9.05. The maximum atomic E-state index is 12.3. The fraction of sp³-hybridized carbons (Fsp3) is 0.500. The van der Waals surface area contributed by atoms with Crippen LogP contribution >= 0.6 is 11.6 Å². The Labute approximate surface area is 102 Å². The molecule has 1 aromatic rings. The monoisotopic (exact) mass is 268 g/mol. The van der Waals surface area contributed by atoms with E-state index in [1.54, 1.807) is 6.92 Å². The molecule has 0 aliphatic heterocycles. The zero-order chi connectivity index (χ0) is 13.1. The van der Waals surface area contributed by atoms with E-state index in [0.717, 1.165) is 6.07 Å². The lowest BCUT2D eigenvalue weighted by Crippen LogP contribution is -2.19. The Kier molecular flexibility index (Phi) is 4.59. The van der Waals surface area contributed by atoms with Crippen LogP contribution in [0.2, 0.25) is 5.02 Å². The van der Waals surface area contributed by atoms with Crippen LogP contribution in [0, 0.1) is 0 Å². The van der Waals surface area contributed by atoms with E-state index in [0.29, 0.717) is 12.6 Å². The predicted molar refractivity (Wildman–Crippen MR) is 59.0 cm³/mol. The molecule has 0 aromatic carbocycles. The summed E-state index contributed by atoms with van der Waals surface area (Å²) < 4.78 is 36.9. The molecule has 0 aliphatic carbocycles. The highest BCUT2D eigenvalue weighted by atomic mass is 35.5. The number of aliphatic hydroxyl groups excluding tert-OH is 1. The molecule has 96 valence electrons. The molecule has 0 saturated heterocycles. The highest BCUT2D eigenvalue weighted by Gasteiger charge is 2.31. The number of aromatic nitrogens is 1. The van der Waals surface area contributed by atoms with E-state index in [2.05, 4.69) is 10.3 Å². The summed E-state index contributed by atoms with van der Waals surface area (Å²) in [6.07, 6.45) is -3.81. The molecular weight excluding hydrogens is 257 g/mol. The van der Waals surface area contributed by atoms with Crippen LogP contribution in [-0.2, 0) is 6.18 Å². The fourth-order valence-corrected chi connectivity index (χ4v) is 1.31. The third kappa shape index (κ3) is 4.05. The lowest BCUT2D eigenvalue weighted by Gasteiger charge is -2.12. The van der Waals surface area contributed by atoms with Gasteiger partial charge >= 0.3 is 6.18 Å². The van der Waals surface area contributed by atoms with E-state index >= 15 is 0 Å². The molecule has 0 spiro atoms. The van der Waals surface area contributed by atoms with E-state index in [1.165, 1.54) is 0 Å². The third-order valence-corrected chi connectivity index (χ3v) is 2.43. The Hall–Kier alpha value is -1.01. The lowest BCUT2D eigenvalue weighted by molar-refractivity contribution is -0.137. The topological polar surface area (TPSA) is 45.1 Å². The number of pyridine rings is 1. The molecule has 0 amide bonds. The summed E-state index contributed by atoms with van der Waals surface area (Å²) in [6, 6.07) is 0.801. The number of rotatable bonds is 4. The molecule has 0 bridgehead atoms. The van der Waals surface area contributed by atoms with Crippen molar-refractivity contribution >= 4 is 17.4 Å². The molecule has 0 saturated carbocycles. The number of hydrogen-bond donors (Lipinski definition) is 2. The largest absolute Gasteiger partial charge is 0.417 e. The maximum Gasteiger partial charge on any atom is 0.417 e. The summed E-state index contributed by atoms with van der Waals surface area (Å²) in [5, 5.41) is 11.8. The summed E-state index contributed by atoms with van der Waals surface area (Å²) in [5.74, 6) is 0.132. The molecule has 0 radical (unpaired) electrons. The van der Waals surface area contributed by atoms with Gasteiger partial charge in [0.25, 0.3) is 0 Å². The number of aliphatic hydroxyl groups is 1. The highest BCUT2D eigenvalue weighted by molar-refractivity contribution is 6.32. The van der Waals surface area contributed by atoms with Crippen LogP contribution in [0.1, 0.15) is 18.9 Å². The van der Waals surface area contributed by atoms with Crippen molar-refractivity contribution in [2.45, 2.75) is 25.6 Å². The smallest absolute Gasteiger partial charge is 0.391 e. The summed E-state index contributed by atoms with van der Waals surface area (Å²) in [5.41, 5.74) is -0.899. The van der Waals surface area contributed by atoms with Gasteiger partial charge in [0.1, 0.15) is 5.82 Å². The van der Waals surface area contributed by atoms with E-state index in [-0.39, 0.29) is 17.4 Å². The van der Waals surface area contributed by atoms with Gasteiger partial charge in [-0.15, -0.1) is 0 Å². The van der Waals surface area contributed by atoms with Crippen LogP contribution in [0.25, 0.3) is 0 Å². The van der Waals surface area contributed by atoms with Gasteiger partial charge < -0.3 is 10.4 Å². The summed E-state index contributed by atoms with van der Waals surface area (Å²) in [7, 11) is 0. The summed E-state index contributed by atoms with van der Waals surface area (Å²) >= 11 is 5.66. The number of nitrogens with zero attached hydrogens (tertiary/aromatic N) is 1. The van der Waals surface area contributed by atoms with Gasteiger partial charge in [0, 0.05) is 12.7 Å². The average molecular weight is 269 g/mol. The first kappa shape index (κ1) is 14.1. The van der Waals surface area contributed by atoms with Crippen molar-refractivity contribution < 1.29 is 18.3 Å². The standard InChI is InChI=1S/C10H12ClF3N2O/c1-2-7(17)5-16-9-8(11)3-6(4-15-9)10(12,13)14/h3-4,7,17H,2,5H2,1H3,(H,15,16). The van der Waals surface area contributed by atoms with Crippen molar-refractivity contribution in [1.29, 1.82) is 0 Å². The fourth-order valence-electron chi connectivity index (χ4n) is 1.08. The van der Waals surface area contributed by atoms with Gasteiger partial charge in [-0.3, -0.25) is 0 Å². The molecule has 1 atom stereocenters. The second-order valence-electron chi connectivity index (χ2n) is 3.50. The van der Waals surface area contributed by atoms with E-state index in [1.807, 2.05) is 0 Å². The summed E-state index contributed by atoms with van der Waals surface area (Å²) in [4.78, 5) is 3.58. The van der Waals surface area contributed by atoms with Crippen LogP contribution < -0.4 is 5.32 Å². The number of hydrogen-bond acceptors (Lipinski definition) is 3. The predicted octanol–water partition coefficient (Wildman–Crippen LogP) is 2.94. The number of halogens is 4. The first-order valence-electron chi connectivity index (χ1n) is 4.99. The minimum atomic E-state index is -4.46. The molecule has 0 fully saturated rings. The van der Waals surface area contributed by atoms with Gasteiger partial charge in [0.15, 0.2) is 0 Å². The van der Waals surface area contributed by atoms with Gasteiger partial charge in [-0.1, -0.05) is 18.5 Å². The number of alkyl halides is 3. The lowest BCUT2D eigenvalue weighted by atomic mass is 10.2. The quantitative estimate of drug-likeness (QED) is 0.882. The molecule has 3 nitrogen and oxygen atoms in total. The highest BCUT2D eigenvalue weighted by Crippen LogP contribution is 2.32. The van der Waals surface area contributed by atoms with Crippen LogP contribution in [0.4, 0.5) is 19.0 Å². The minimum absolute atomic E-state index is 0.122. The van der Waals surface area contributed by atoms with Crippen molar-refractivity contribution in [3.63, 3.8) is 0 Å². The van der Waals surface area contributed by atoms with Crippen molar-refractivity contribution in [3.05, 3.63) is 22.8 Å². The molecule has 1 rings (SSSR count). The van der Waals surface area contributed by atoms with Crippen LogP contribution in [0.15, 0.2) is 12.3 Å². The Morgan fingerprint density at radius 1 is 1.53 bits per heavy atom. The Balaban J connectivity index is 2.77. The Bertz CT molecular complexity index is 384. The van der Waals surface area contributed by atoms with E-state index < -0.39 is 17.8 Å². The van der Waals surface area contributed by atoms with Crippen LogP contribution in [0.5, 0.6) is 0 Å². The first-order chi connectivity index (χ1) is 7.84. The SMILES string of the molecule is CCC(O)CNc1ncc(C(F)(F)F)cc1Cl. The second kappa shape index (κ2) is 5.55. The third-order valence-electron chi connectivity index (χ3n) is 2.14. The first-order valence-corrected chi connectivity index (χ1v) is 5.37. The molecule has 7 heteroatoms. The molecule has 2 N–H and O–H groups in total. The zero-order valence-corrected chi connectivity index (χ0v) is 9.81. The van der Waals surface area contributed by atoms with Crippen molar-refractivity contribution in [2.24, 2.45) is 0 Å². The van der Waals surface area contributed by atoms with Gasteiger partial charge in [0.05, 0.1) is 16.7 Å². The van der Waals surface area contributed by atoms with Crippen molar-refractivity contribution in [1.82, 2.24) is 4.98 Å². The molecule has 1 unspecified atom stereocenters. The van der Waals surface area contributed by atoms with E-state index in [9.17, 15) is 18.3 Å². The average Bonchev–Trinajstić information content (AvgIpc) is 2.25. The molecule has 17 heavy (non-hydrogen) atoms. The minimum Gasteiger partial charge on any atom is -0.391 e. The van der Waals surface area contributed by atoms with Crippen molar-refractivity contribution in [2.75, 3.05) is 11.9 Å². The van der Waals surface area contributed by atoms with Crippen molar-refractivity contribution in [3.8, 4) is 0 Å². The van der Waals surface area contributed by atoms with Gasteiger partial charge in [-0.05, 0) is 12.5 Å². The second-order valence-corrected chi connectivity index (χ2v) is 3.90. The number of nitrogens with one attached hydrogen (secondary N) is 1. The van der Waals surface area contributed by atoms with Gasteiger partial charge in [0.2, 0.25) is 0 Å². The Morgan fingerprint density at radius 3 is 2.65 bits per heavy atom. The normalized spacial score (nSPS) is 13.5. The number of anilines is 1. The molecule has 1 aromatic heterocycles. The Morgan fingerprint density at radius 2 is 2.18 bits per heavy atom. The molecular formula is C10H12ClF3N2O.